The van der Waals surface area contributed by atoms with Gasteiger partial charge in [-0.25, -0.2) is 4.98 Å². The Morgan fingerprint density at radius 3 is 2.94 bits per heavy atom. The van der Waals surface area contributed by atoms with Crippen molar-refractivity contribution >= 4 is 33.2 Å². The quantitative estimate of drug-likeness (QED) is 0.781. The van der Waals surface area contributed by atoms with Crippen molar-refractivity contribution in [1.82, 2.24) is 9.88 Å². The third-order valence-electron chi connectivity index (χ3n) is 2.00. The lowest BCUT2D eigenvalue weighted by molar-refractivity contribution is 0.0779. The highest BCUT2D eigenvalue weighted by Gasteiger charge is 2.17. The highest BCUT2D eigenvalue weighted by molar-refractivity contribution is 9.09. The van der Waals surface area contributed by atoms with Crippen molar-refractivity contribution in [3.8, 4) is 0 Å². The van der Waals surface area contributed by atoms with Crippen molar-refractivity contribution in [3.05, 3.63) is 16.1 Å². The van der Waals surface area contributed by atoms with Crippen LogP contribution in [0.1, 0.15) is 15.5 Å². The molecule has 0 aliphatic carbocycles. The first-order valence-corrected chi connectivity index (χ1v) is 6.64. The Labute approximate surface area is 108 Å². The summed E-state index contributed by atoms with van der Waals surface area (Å²) in [5.74, 6) is -0.0510. The molecule has 0 aromatic carbocycles. The number of methoxy groups -OCH3 is 1. The summed E-state index contributed by atoms with van der Waals surface area (Å²) in [4.78, 5) is 17.9. The number of amides is 1. The first kappa shape index (κ1) is 13.6. The van der Waals surface area contributed by atoms with Gasteiger partial charge < -0.3 is 9.64 Å². The molecule has 0 aliphatic rings. The van der Waals surface area contributed by atoms with Crippen LogP contribution < -0.4 is 0 Å². The average Bonchev–Trinajstić information content (AvgIpc) is 2.64. The number of nitrogens with zero attached hydrogens (tertiary/aromatic N) is 2. The minimum Gasteiger partial charge on any atom is -0.383 e. The maximum Gasteiger partial charge on any atom is 0.273 e. The molecule has 16 heavy (non-hydrogen) atoms. The lowest BCUT2D eigenvalue weighted by Gasteiger charge is -2.19. The highest BCUT2D eigenvalue weighted by atomic mass is 79.9. The summed E-state index contributed by atoms with van der Waals surface area (Å²) in [6.45, 7) is 3.07. The molecule has 1 rings (SSSR count). The van der Waals surface area contributed by atoms with Gasteiger partial charge in [-0.2, -0.15) is 0 Å². The summed E-state index contributed by atoms with van der Waals surface area (Å²) < 4.78 is 5.00. The number of aromatic nitrogens is 1. The van der Waals surface area contributed by atoms with Crippen LogP contribution in [0.5, 0.6) is 0 Å². The van der Waals surface area contributed by atoms with E-state index in [1.165, 1.54) is 11.3 Å². The van der Waals surface area contributed by atoms with E-state index in [4.69, 9.17) is 4.74 Å². The van der Waals surface area contributed by atoms with Crippen LogP contribution in [0.25, 0.3) is 0 Å². The van der Waals surface area contributed by atoms with Crippen LogP contribution in [0.2, 0.25) is 0 Å². The Balaban J connectivity index is 2.54. The Hall–Kier alpha value is -0.460. The van der Waals surface area contributed by atoms with Gasteiger partial charge in [0.25, 0.3) is 5.91 Å². The minimum atomic E-state index is -0.0510. The molecule has 1 heterocycles. The van der Waals surface area contributed by atoms with E-state index in [0.29, 0.717) is 18.8 Å². The molecule has 1 amide bonds. The van der Waals surface area contributed by atoms with Crippen molar-refractivity contribution in [2.45, 2.75) is 11.8 Å². The van der Waals surface area contributed by atoms with E-state index >= 15 is 0 Å². The summed E-state index contributed by atoms with van der Waals surface area (Å²) in [6, 6.07) is 0. The summed E-state index contributed by atoms with van der Waals surface area (Å²) in [5.41, 5.74) is 0.516. The fraction of sp³-hybridized carbons (Fsp3) is 0.600. The maximum absolute atomic E-state index is 11.9. The topological polar surface area (TPSA) is 42.4 Å². The summed E-state index contributed by atoms with van der Waals surface area (Å²) in [5, 5.41) is 2.69. The van der Waals surface area contributed by atoms with Crippen molar-refractivity contribution in [2.24, 2.45) is 0 Å². The third kappa shape index (κ3) is 3.84. The van der Waals surface area contributed by atoms with E-state index in [2.05, 4.69) is 20.9 Å². The number of thiazole rings is 1. The monoisotopic (exact) mass is 306 g/mol. The van der Waals surface area contributed by atoms with Crippen molar-refractivity contribution in [1.29, 1.82) is 0 Å². The summed E-state index contributed by atoms with van der Waals surface area (Å²) >= 11 is 4.93. The van der Waals surface area contributed by atoms with Crippen LogP contribution in [0.4, 0.5) is 0 Å². The number of ether oxygens (including phenoxy) is 1. The van der Waals surface area contributed by atoms with Crippen LogP contribution in [0, 0.1) is 6.92 Å². The van der Waals surface area contributed by atoms with E-state index in [-0.39, 0.29) is 10.7 Å². The van der Waals surface area contributed by atoms with Crippen LogP contribution in [-0.2, 0) is 4.74 Å². The molecule has 0 bridgehead atoms. The third-order valence-corrected chi connectivity index (χ3v) is 3.33. The first-order chi connectivity index (χ1) is 7.54. The number of aryl methyl sites for hydroxylation is 1. The fourth-order valence-corrected chi connectivity index (χ4v) is 2.56. The zero-order valence-electron chi connectivity index (χ0n) is 9.57. The van der Waals surface area contributed by atoms with E-state index in [0.717, 1.165) is 5.01 Å². The normalized spacial score (nSPS) is 12.5. The second-order valence-corrected chi connectivity index (χ2v) is 5.85. The van der Waals surface area contributed by atoms with Gasteiger partial charge in [-0.05, 0) is 6.92 Å². The summed E-state index contributed by atoms with van der Waals surface area (Å²) in [6.07, 6.45) is 0. The molecule has 0 fully saturated rings. The largest absolute Gasteiger partial charge is 0.383 e. The van der Waals surface area contributed by atoms with E-state index in [9.17, 15) is 4.79 Å². The van der Waals surface area contributed by atoms with E-state index in [1.807, 2.05) is 6.92 Å². The predicted octanol–water partition coefficient (Wildman–Crippen LogP) is 1.93. The van der Waals surface area contributed by atoms with Gasteiger partial charge in [0.05, 0.1) is 16.4 Å². The molecule has 0 radical (unpaired) electrons. The van der Waals surface area contributed by atoms with Crippen LogP contribution >= 0.6 is 27.3 Å². The van der Waals surface area contributed by atoms with Crippen LogP contribution in [-0.4, -0.2) is 47.9 Å². The van der Waals surface area contributed by atoms with Gasteiger partial charge in [-0.3, -0.25) is 4.79 Å². The van der Waals surface area contributed by atoms with Gasteiger partial charge in [0.15, 0.2) is 0 Å². The highest BCUT2D eigenvalue weighted by Crippen LogP contribution is 2.11. The number of carbonyl (C=O) groups is 1. The Kier molecular flexibility index (Phi) is 5.37. The van der Waals surface area contributed by atoms with E-state index < -0.39 is 0 Å². The molecule has 6 heteroatoms. The van der Waals surface area contributed by atoms with Crippen molar-refractivity contribution < 1.29 is 9.53 Å². The fourth-order valence-electron chi connectivity index (χ4n) is 1.27. The van der Waals surface area contributed by atoms with Crippen molar-refractivity contribution in [2.75, 3.05) is 27.3 Å². The molecule has 4 nitrogen and oxygen atoms in total. The molecule has 1 unspecified atom stereocenters. The Bertz CT molecular complexity index is 356. The summed E-state index contributed by atoms with van der Waals surface area (Å²) in [7, 11) is 3.40. The van der Waals surface area contributed by atoms with Crippen LogP contribution in [0.15, 0.2) is 5.38 Å². The molecule has 1 aromatic heterocycles. The molecule has 1 aromatic rings. The van der Waals surface area contributed by atoms with Gasteiger partial charge in [-0.15, -0.1) is 11.3 Å². The molecule has 90 valence electrons. The Morgan fingerprint density at radius 2 is 2.44 bits per heavy atom. The number of rotatable bonds is 5. The SMILES string of the molecule is COCC(Br)CN(C)C(=O)c1csc(C)n1. The smallest absolute Gasteiger partial charge is 0.273 e. The van der Waals surface area contributed by atoms with Gasteiger partial charge in [0.2, 0.25) is 0 Å². The van der Waals surface area contributed by atoms with Gasteiger partial charge in [0.1, 0.15) is 5.69 Å². The number of carbonyl (C=O) groups excluding carboxylic acids is 1. The number of hydrogen-bond donors (Lipinski definition) is 0. The first-order valence-electron chi connectivity index (χ1n) is 4.85. The lowest BCUT2D eigenvalue weighted by atomic mass is 10.3. The predicted molar refractivity (Wildman–Crippen MR) is 68.4 cm³/mol. The zero-order chi connectivity index (χ0) is 12.1. The van der Waals surface area contributed by atoms with E-state index in [1.54, 1.807) is 24.4 Å². The molecular formula is C10H15BrN2O2S. The zero-order valence-corrected chi connectivity index (χ0v) is 12.0. The molecule has 0 aliphatic heterocycles. The molecule has 0 N–H and O–H groups in total. The Morgan fingerprint density at radius 1 is 1.75 bits per heavy atom. The molecule has 0 saturated carbocycles. The molecule has 0 spiro atoms. The average molecular weight is 307 g/mol. The van der Waals surface area contributed by atoms with Crippen LogP contribution in [0.3, 0.4) is 0 Å². The molecule has 1 atom stereocenters. The lowest BCUT2D eigenvalue weighted by Crippen LogP contribution is -2.33. The standard InChI is InChI=1S/C10H15BrN2O2S/c1-7-12-9(6-16-7)10(14)13(2)4-8(11)5-15-3/h6,8H,4-5H2,1-3H3. The van der Waals surface area contributed by atoms with Gasteiger partial charge in [-0.1, -0.05) is 15.9 Å². The molecule has 0 saturated heterocycles. The minimum absolute atomic E-state index is 0.0510. The number of hydrogen-bond acceptors (Lipinski definition) is 4. The number of halogens is 1. The maximum atomic E-state index is 11.9. The van der Waals surface area contributed by atoms with Gasteiger partial charge in [0, 0.05) is 26.1 Å². The number of alkyl halides is 1. The van der Waals surface area contributed by atoms with Crippen molar-refractivity contribution in [3.63, 3.8) is 0 Å². The second-order valence-electron chi connectivity index (χ2n) is 3.49. The second kappa shape index (κ2) is 6.32. The molecular weight excluding hydrogens is 292 g/mol. The van der Waals surface area contributed by atoms with Gasteiger partial charge >= 0.3 is 0 Å².